The first-order chi connectivity index (χ1) is 8.13. The standard InChI is InChI=1S/C13H16O4/c1-16-11-7-3-6-10-9(11)5-4-8-13(10,15)12(14)17-2/h3,6-7,15H,4-5,8H2,1-2H3. The fraction of sp³-hybridized carbons (Fsp3) is 0.462. The van der Waals surface area contributed by atoms with Crippen molar-refractivity contribution in [1.29, 1.82) is 0 Å². The highest BCUT2D eigenvalue weighted by Crippen LogP contribution is 2.39. The number of ether oxygens (including phenoxy) is 2. The Kier molecular flexibility index (Phi) is 3.07. The quantitative estimate of drug-likeness (QED) is 0.788. The monoisotopic (exact) mass is 236 g/mol. The van der Waals surface area contributed by atoms with Gasteiger partial charge in [-0.3, -0.25) is 0 Å². The van der Waals surface area contributed by atoms with E-state index in [1.165, 1.54) is 7.11 Å². The van der Waals surface area contributed by atoms with Crippen LogP contribution in [0.1, 0.15) is 24.0 Å². The Morgan fingerprint density at radius 2 is 2.18 bits per heavy atom. The Morgan fingerprint density at radius 1 is 1.41 bits per heavy atom. The Balaban J connectivity index is 2.55. The van der Waals surface area contributed by atoms with E-state index in [9.17, 15) is 9.90 Å². The number of esters is 1. The Morgan fingerprint density at radius 3 is 2.82 bits per heavy atom. The van der Waals surface area contributed by atoms with Crippen LogP contribution in [-0.2, 0) is 21.6 Å². The van der Waals surface area contributed by atoms with Gasteiger partial charge in [0.25, 0.3) is 0 Å². The number of rotatable bonds is 2. The lowest BCUT2D eigenvalue weighted by Gasteiger charge is -2.32. The molecule has 4 heteroatoms. The summed E-state index contributed by atoms with van der Waals surface area (Å²) < 4.78 is 9.95. The first-order valence-corrected chi connectivity index (χ1v) is 5.60. The molecule has 0 heterocycles. The molecule has 0 bridgehead atoms. The third-order valence-electron chi connectivity index (χ3n) is 3.29. The average Bonchev–Trinajstić information content (AvgIpc) is 2.37. The van der Waals surface area contributed by atoms with Crippen LogP contribution in [0.25, 0.3) is 0 Å². The zero-order valence-electron chi connectivity index (χ0n) is 10.0. The number of aliphatic hydroxyl groups is 1. The first kappa shape index (κ1) is 11.9. The van der Waals surface area contributed by atoms with E-state index in [0.717, 1.165) is 18.4 Å². The van der Waals surface area contributed by atoms with Crippen LogP contribution < -0.4 is 4.74 Å². The van der Waals surface area contributed by atoms with Crippen molar-refractivity contribution in [3.05, 3.63) is 29.3 Å². The summed E-state index contributed by atoms with van der Waals surface area (Å²) in [4.78, 5) is 11.7. The topological polar surface area (TPSA) is 55.8 Å². The molecular weight excluding hydrogens is 220 g/mol. The second kappa shape index (κ2) is 4.37. The van der Waals surface area contributed by atoms with Gasteiger partial charge in [0, 0.05) is 11.1 Å². The SMILES string of the molecule is COC(=O)C1(O)CCCc2c(OC)cccc21. The minimum atomic E-state index is -1.53. The van der Waals surface area contributed by atoms with Gasteiger partial charge in [0.05, 0.1) is 14.2 Å². The molecular formula is C13H16O4. The molecule has 2 rings (SSSR count). The zero-order valence-corrected chi connectivity index (χ0v) is 10.0. The van der Waals surface area contributed by atoms with E-state index in [-0.39, 0.29) is 0 Å². The van der Waals surface area contributed by atoms with E-state index in [0.29, 0.717) is 17.7 Å². The molecule has 1 unspecified atom stereocenters. The zero-order chi connectivity index (χ0) is 12.5. The Bertz CT molecular complexity index is 441. The average molecular weight is 236 g/mol. The van der Waals surface area contributed by atoms with Crippen molar-refractivity contribution >= 4 is 5.97 Å². The van der Waals surface area contributed by atoms with Gasteiger partial charge in [-0.1, -0.05) is 12.1 Å². The van der Waals surface area contributed by atoms with Crippen LogP contribution in [0.4, 0.5) is 0 Å². The summed E-state index contributed by atoms with van der Waals surface area (Å²) in [7, 11) is 2.87. The van der Waals surface area contributed by atoms with Gasteiger partial charge in [-0.15, -0.1) is 0 Å². The number of hydrogen-bond donors (Lipinski definition) is 1. The van der Waals surface area contributed by atoms with Crippen LogP contribution in [0.5, 0.6) is 5.75 Å². The van der Waals surface area contributed by atoms with Gasteiger partial charge in [0.15, 0.2) is 5.60 Å². The molecule has 1 aliphatic rings. The van der Waals surface area contributed by atoms with Crippen molar-refractivity contribution in [3.63, 3.8) is 0 Å². The molecule has 0 aliphatic heterocycles. The summed E-state index contributed by atoms with van der Waals surface area (Å²) in [5.41, 5.74) is -0.0271. The lowest BCUT2D eigenvalue weighted by atomic mass is 9.79. The van der Waals surface area contributed by atoms with Crippen molar-refractivity contribution < 1.29 is 19.4 Å². The van der Waals surface area contributed by atoms with Gasteiger partial charge in [0.2, 0.25) is 0 Å². The van der Waals surface area contributed by atoms with Crippen molar-refractivity contribution in [2.24, 2.45) is 0 Å². The third kappa shape index (κ3) is 1.78. The lowest BCUT2D eigenvalue weighted by Crippen LogP contribution is -2.40. The maximum absolute atomic E-state index is 11.7. The third-order valence-corrected chi connectivity index (χ3v) is 3.29. The molecule has 17 heavy (non-hydrogen) atoms. The lowest BCUT2D eigenvalue weighted by molar-refractivity contribution is -0.165. The molecule has 0 amide bonds. The van der Waals surface area contributed by atoms with Crippen LogP contribution in [0, 0.1) is 0 Å². The van der Waals surface area contributed by atoms with Gasteiger partial charge >= 0.3 is 5.97 Å². The molecule has 1 aromatic carbocycles. The van der Waals surface area contributed by atoms with E-state index in [1.54, 1.807) is 19.2 Å². The number of methoxy groups -OCH3 is 2. The fourth-order valence-electron chi connectivity index (χ4n) is 2.44. The molecule has 1 aliphatic carbocycles. The molecule has 1 N–H and O–H groups in total. The molecule has 0 saturated carbocycles. The second-order valence-corrected chi connectivity index (χ2v) is 4.19. The van der Waals surface area contributed by atoms with Gasteiger partial charge in [-0.2, -0.15) is 0 Å². The number of benzene rings is 1. The highest BCUT2D eigenvalue weighted by Gasteiger charge is 2.43. The van der Waals surface area contributed by atoms with Crippen molar-refractivity contribution in [3.8, 4) is 5.75 Å². The molecule has 0 fully saturated rings. The maximum Gasteiger partial charge on any atom is 0.342 e. The van der Waals surface area contributed by atoms with Crippen molar-refractivity contribution in [1.82, 2.24) is 0 Å². The molecule has 0 radical (unpaired) electrons. The molecule has 0 saturated heterocycles. The number of carbonyl (C=O) groups is 1. The summed E-state index contributed by atoms with van der Waals surface area (Å²) in [6, 6.07) is 5.37. The van der Waals surface area contributed by atoms with E-state index >= 15 is 0 Å². The van der Waals surface area contributed by atoms with Crippen molar-refractivity contribution in [2.45, 2.75) is 24.9 Å². The predicted octanol–water partition coefficient (Wildman–Crippen LogP) is 1.39. The number of fused-ring (bicyclic) bond motifs is 1. The largest absolute Gasteiger partial charge is 0.496 e. The van der Waals surface area contributed by atoms with Crippen LogP contribution in [0.15, 0.2) is 18.2 Å². The minimum absolute atomic E-state index is 0.389. The number of hydrogen-bond acceptors (Lipinski definition) is 4. The number of carbonyl (C=O) groups excluding carboxylic acids is 1. The Hall–Kier alpha value is -1.55. The second-order valence-electron chi connectivity index (χ2n) is 4.19. The van der Waals surface area contributed by atoms with Crippen molar-refractivity contribution in [2.75, 3.05) is 14.2 Å². The molecule has 4 nitrogen and oxygen atoms in total. The van der Waals surface area contributed by atoms with Crippen LogP contribution in [0.2, 0.25) is 0 Å². The smallest absolute Gasteiger partial charge is 0.342 e. The molecule has 92 valence electrons. The summed E-state index contributed by atoms with van der Waals surface area (Å²) >= 11 is 0. The van der Waals surface area contributed by atoms with E-state index < -0.39 is 11.6 Å². The van der Waals surface area contributed by atoms with Crippen LogP contribution in [-0.4, -0.2) is 25.3 Å². The summed E-state index contributed by atoms with van der Waals surface area (Å²) in [5, 5.41) is 10.5. The van der Waals surface area contributed by atoms with E-state index in [2.05, 4.69) is 0 Å². The molecule has 1 atom stereocenters. The van der Waals surface area contributed by atoms with Gasteiger partial charge < -0.3 is 14.6 Å². The summed E-state index contributed by atoms with van der Waals surface area (Å²) in [5.74, 6) is 0.108. The highest BCUT2D eigenvalue weighted by molar-refractivity contribution is 5.82. The highest BCUT2D eigenvalue weighted by atomic mass is 16.5. The molecule has 0 spiro atoms. The normalized spacial score (nSPS) is 22.8. The fourth-order valence-corrected chi connectivity index (χ4v) is 2.44. The summed E-state index contributed by atoms with van der Waals surface area (Å²) in [6.07, 6.45) is 1.93. The van der Waals surface area contributed by atoms with Gasteiger partial charge in [0.1, 0.15) is 5.75 Å². The minimum Gasteiger partial charge on any atom is -0.496 e. The first-order valence-electron chi connectivity index (χ1n) is 5.60. The van der Waals surface area contributed by atoms with E-state index in [1.807, 2.05) is 6.07 Å². The summed E-state index contributed by atoms with van der Waals surface area (Å²) in [6.45, 7) is 0. The van der Waals surface area contributed by atoms with E-state index in [4.69, 9.17) is 9.47 Å². The molecule has 0 aromatic heterocycles. The van der Waals surface area contributed by atoms with Crippen LogP contribution >= 0.6 is 0 Å². The van der Waals surface area contributed by atoms with Gasteiger partial charge in [-0.05, 0) is 25.3 Å². The molecule has 1 aromatic rings. The maximum atomic E-state index is 11.7. The Labute approximate surface area is 100 Å². The van der Waals surface area contributed by atoms with Gasteiger partial charge in [-0.25, -0.2) is 4.79 Å². The predicted molar refractivity (Wildman–Crippen MR) is 61.8 cm³/mol. The van der Waals surface area contributed by atoms with Crippen LogP contribution in [0.3, 0.4) is 0 Å².